The molecule has 6 heteroatoms. The number of nitrogens with one attached hydrogen (secondary N) is 1. The topological polar surface area (TPSA) is 49.3 Å². The Morgan fingerprint density at radius 1 is 1.38 bits per heavy atom. The van der Waals surface area contributed by atoms with E-state index >= 15 is 0 Å². The lowest BCUT2D eigenvalue weighted by Gasteiger charge is -2.16. The van der Waals surface area contributed by atoms with E-state index in [0.717, 1.165) is 0 Å². The maximum atomic E-state index is 11.8. The third-order valence-corrected chi connectivity index (χ3v) is 2.03. The van der Waals surface area contributed by atoms with Crippen LogP contribution in [0.3, 0.4) is 0 Å². The first kappa shape index (κ1) is 15.2. The maximum absolute atomic E-state index is 11.8. The van der Waals surface area contributed by atoms with Crippen LogP contribution < -0.4 is 5.32 Å². The van der Waals surface area contributed by atoms with E-state index in [1.54, 1.807) is 0 Å². The van der Waals surface area contributed by atoms with Crippen molar-refractivity contribution in [2.45, 2.75) is 45.3 Å². The number of carbonyl (C=O) groups is 1. The highest BCUT2D eigenvalue weighted by Gasteiger charge is 2.26. The molecule has 2 N–H and O–H groups in total. The van der Waals surface area contributed by atoms with Crippen molar-refractivity contribution >= 4 is 5.97 Å². The van der Waals surface area contributed by atoms with E-state index in [2.05, 4.69) is 5.32 Å². The predicted molar refractivity (Wildman–Crippen MR) is 54.2 cm³/mol. The molecular formula is C10H18F3NO2. The van der Waals surface area contributed by atoms with Crippen LogP contribution in [0.15, 0.2) is 0 Å². The summed E-state index contributed by atoms with van der Waals surface area (Å²) < 4.78 is 35.4. The number of alkyl halides is 3. The van der Waals surface area contributed by atoms with E-state index in [1.807, 2.05) is 13.8 Å². The zero-order valence-corrected chi connectivity index (χ0v) is 9.47. The molecule has 0 heterocycles. The molecule has 16 heavy (non-hydrogen) atoms. The van der Waals surface area contributed by atoms with Crippen molar-refractivity contribution in [1.82, 2.24) is 5.32 Å². The second-order valence-corrected chi connectivity index (χ2v) is 4.19. The van der Waals surface area contributed by atoms with Crippen LogP contribution in [0.5, 0.6) is 0 Å². The summed E-state index contributed by atoms with van der Waals surface area (Å²) in [4.78, 5) is 10.7. The van der Waals surface area contributed by atoms with Gasteiger partial charge in [0.1, 0.15) is 6.04 Å². The summed E-state index contributed by atoms with van der Waals surface area (Å²) in [5, 5.41) is 11.4. The van der Waals surface area contributed by atoms with Gasteiger partial charge in [0.15, 0.2) is 0 Å². The molecule has 0 fully saturated rings. The van der Waals surface area contributed by atoms with Crippen LogP contribution in [0.1, 0.15) is 33.1 Å². The molecule has 1 unspecified atom stereocenters. The first-order valence-corrected chi connectivity index (χ1v) is 5.25. The summed E-state index contributed by atoms with van der Waals surface area (Å²) in [5.41, 5.74) is 0. The lowest BCUT2D eigenvalue weighted by molar-refractivity contribution is -0.140. The summed E-state index contributed by atoms with van der Waals surface area (Å²) in [6.07, 6.45) is -4.72. The molecule has 0 aromatic heterocycles. The van der Waals surface area contributed by atoms with Crippen LogP contribution in [-0.2, 0) is 4.79 Å². The molecule has 0 saturated heterocycles. The number of rotatable bonds is 7. The van der Waals surface area contributed by atoms with Crippen molar-refractivity contribution in [2.24, 2.45) is 5.92 Å². The van der Waals surface area contributed by atoms with Gasteiger partial charge in [-0.15, -0.1) is 0 Å². The summed E-state index contributed by atoms with van der Waals surface area (Å²) in [7, 11) is 0. The van der Waals surface area contributed by atoms with Gasteiger partial charge in [0.25, 0.3) is 0 Å². The van der Waals surface area contributed by atoms with E-state index < -0.39 is 24.6 Å². The van der Waals surface area contributed by atoms with Gasteiger partial charge >= 0.3 is 12.1 Å². The first-order chi connectivity index (χ1) is 7.22. The van der Waals surface area contributed by atoms with Gasteiger partial charge in [-0.2, -0.15) is 13.2 Å². The molecule has 96 valence electrons. The Kier molecular flexibility index (Phi) is 6.40. The standard InChI is InChI=1S/C10H18F3NO2/c1-7(2)6-8(9(15)16)14-5-3-4-10(11,12)13/h7-8,14H,3-6H2,1-2H3,(H,15,16). The minimum Gasteiger partial charge on any atom is -0.480 e. The van der Waals surface area contributed by atoms with Gasteiger partial charge in [0, 0.05) is 6.42 Å². The highest BCUT2D eigenvalue weighted by molar-refractivity contribution is 5.73. The van der Waals surface area contributed by atoms with E-state index in [0.29, 0.717) is 6.42 Å². The molecule has 0 aromatic rings. The average molecular weight is 241 g/mol. The second-order valence-electron chi connectivity index (χ2n) is 4.19. The summed E-state index contributed by atoms with van der Waals surface area (Å²) in [6, 6.07) is -0.756. The van der Waals surface area contributed by atoms with Crippen molar-refractivity contribution in [3.63, 3.8) is 0 Å². The number of hydrogen-bond donors (Lipinski definition) is 2. The monoisotopic (exact) mass is 241 g/mol. The van der Waals surface area contributed by atoms with E-state index in [9.17, 15) is 18.0 Å². The second kappa shape index (κ2) is 6.73. The summed E-state index contributed by atoms with van der Waals surface area (Å²) >= 11 is 0. The van der Waals surface area contributed by atoms with E-state index in [1.165, 1.54) is 0 Å². The van der Waals surface area contributed by atoms with Gasteiger partial charge in [-0.05, 0) is 25.3 Å². The van der Waals surface area contributed by atoms with Gasteiger partial charge in [0.05, 0.1) is 0 Å². The molecule has 0 bridgehead atoms. The Morgan fingerprint density at radius 2 is 1.94 bits per heavy atom. The normalized spacial score (nSPS) is 14.1. The van der Waals surface area contributed by atoms with Crippen LogP contribution in [0.2, 0.25) is 0 Å². The Hall–Kier alpha value is -0.780. The highest BCUT2D eigenvalue weighted by atomic mass is 19.4. The number of halogens is 3. The van der Waals surface area contributed by atoms with Crippen LogP contribution in [-0.4, -0.2) is 29.8 Å². The zero-order chi connectivity index (χ0) is 12.8. The maximum Gasteiger partial charge on any atom is 0.389 e. The Bertz CT molecular complexity index is 217. The van der Waals surface area contributed by atoms with Gasteiger partial charge in [0.2, 0.25) is 0 Å². The van der Waals surface area contributed by atoms with Gasteiger partial charge < -0.3 is 10.4 Å². The average Bonchev–Trinajstić information content (AvgIpc) is 2.07. The molecule has 0 aliphatic rings. The molecule has 0 aromatic carbocycles. The van der Waals surface area contributed by atoms with Crippen molar-refractivity contribution < 1.29 is 23.1 Å². The van der Waals surface area contributed by atoms with Crippen molar-refractivity contribution in [3.8, 4) is 0 Å². The Morgan fingerprint density at radius 3 is 2.31 bits per heavy atom. The van der Waals surface area contributed by atoms with Gasteiger partial charge in [-0.1, -0.05) is 13.8 Å². The third kappa shape index (κ3) is 8.52. The molecule has 0 saturated carbocycles. The predicted octanol–water partition coefficient (Wildman–Crippen LogP) is 2.42. The largest absolute Gasteiger partial charge is 0.480 e. The fourth-order valence-electron chi connectivity index (χ4n) is 1.31. The molecule has 1 atom stereocenters. The summed E-state index contributed by atoms with van der Waals surface area (Å²) in [6.45, 7) is 3.81. The van der Waals surface area contributed by atoms with Crippen molar-refractivity contribution in [3.05, 3.63) is 0 Å². The van der Waals surface area contributed by atoms with Crippen LogP contribution in [0.4, 0.5) is 13.2 Å². The van der Waals surface area contributed by atoms with Crippen molar-refractivity contribution in [2.75, 3.05) is 6.54 Å². The minimum absolute atomic E-state index is 0.0726. The first-order valence-electron chi connectivity index (χ1n) is 5.25. The Balaban J connectivity index is 3.82. The molecule has 0 radical (unpaired) electrons. The number of hydrogen-bond acceptors (Lipinski definition) is 2. The van der Waals surface area contributed by atoms with Crippen LogP contribution >= 0.6 is 0 Å². The van der Waals surface area contributed by atoms with E-state index in [-0.39, 0.29) is 18.9 Å². The molecule has 0 rings (SSSR count). The summed E-state index contributed by atoms with van der Waals surface area (Å²) in [5.74, 6) is -0.822. The molecule has 3 nitrogen and oxygen atoms in total. The molecule has 0 spiro atoms. The Labute approximate surface area is 93.0 Å². The third-order valence-electron chi connectivity index (χ3n) is 2.03. The highest BCUT2D eigenvalue weighted by Crippen LogP contribution is 2.20. The molecular weight excluding hydrogens is 223 g/mol. The smallest absolute Gasteiger partial charge is 0.389 e. The fourth-order valence-corrected chi connectivity index (χ4v) is 1.31. The zero-order valence-electron chi connectivity index (χ0n) is 9.47. The van der Waals surface area contributed by atoms with Gasteiger partial charge in [-0.25, -0.2) is 0 Å². The van der Waals surface area contributed by atoms with Crippen LogP contribution in [0.25, 0.3) is 0 Å². The lowest BCUT2D eigenvalue weighted by atomic mass is 10.0. The van der Waals surface area contributed by atoms with E-state index in [4.69, 9.17) is 5.11 Å². The quantitative estimate of drug-likeness (QED) is 0.673. The van der Waals surface area contributed by atoms with Crippen molar-refractivity contribution in [1.29, 1.82) is 0 Å². The molecule has 0 aliphatic heterocycles. The minimum atomic E-state index is -4.17. The molecule has 0 aliphatic carbocycles. The lowest BCUT2D eigenvalue weighted by Crippen LogP contribution is -2.38. The molecule has 0 amide bonds. The number of carboxylic acids is 1. The van der Waals surface area contributed by atoms with Crippen LogP contribution in [0, 0.1) is 5.92 Å². The number of aliphatic carboxylic acids is 1. The van der Waals surface area contributed by atoms with Gasteiger partial charge in [-0.3, -0.25) is 4.79 Å². The SMILES string of the molecule is CC(C)CC(NCCCC(F)(F)F)C(=O)O. The fraction of sp³-hybridized carbons (Fsp3) is 0.900. The number of carboxylic acid groups (broad SMARTS) is 1.